The highest BCUT2D eigenvalue weighted by atomic mass is 16.5. The number of methoxy groups -OCH3 is 1. The summed E-state index contributed by atoms with van der Waals surface area (Å²) < 4.78 is 5.28. The highest BCUT2D eigenvalue weighted by molar-refractivity contribution is 5.29. The number of hydrogen-bond acceptors (Lipinski definition) is 4. The number of hydrogen-bond donors (Lipinski definition) is 2. The predicted molar refractivity (Wildman–Crippen MR) is 102 cm³/mol. The number of nitrogens with zero attached hydrogens (tertiary/aromatic N) is 1. The molecule has 0 aromatic heterocycles. The Labute approximate surface area is 157 Å². The molecule has 4 nitrogen and oxygen atoms in total. The minimum Gasteiger partial charge on any atom is -0.497 e. The van der Waals surface area contributed by atoms with E-state index in [4.69, 9.17) is 4.74 Å². The van der Waals surface area contributed by atoms with Gasteiger partial charge in [0.1, 0.15) is 11.4 Å². The van der Waals surface area contributed by atoms with Crippen LogP contribution in [0.5, 0.6) is 5.75 Å². The molecule has 1 heterocycles. The van der Waals surface area contributed by atoms with Crippen LogP contribution in [-0.2, 0) is 6.42 Å². The highest BCUT2D eigenvalue weighted by Crippen LogP contribution is 2.47. The second-order valence-electron chi connectivity index (χ2n) is 8.77. The van der Waals surface area contributed by atoms with Crippen LogP contribution in [0.3, 0.4) is 0 Å². The van der Waals surface area contributed by atoms with Crippen molar-refractivity contribution in [2.24, 2.45) is 5.92 Å². The molecular weight excluding hydrogens is 326 g/mol. The summed E-state index contributed by atoms with van der Waals surface area (Å²) in [4.78, 5) is 2.49. The van der Waals surface area contributed by atoms with Crippen LogP contribution in [0.1, 0.15) is 56.9 Å². The maximum Gasteiger partial charge on any atom is 0.118 e. The molecule has 4 rings (SSSR count). The summed E-state index contributed by atoms with van der Waals surface area (Å²) in [5.41, 5.74) is -0.705. The zero-order valence-electron chi connectivity index (χ0n) is 16.0. The topological polar surface area (TPSA) is 52.9 Å². The van der Waals surface area contributed by atoms with Crippen molar-refractivity contribution in [1.82, 2.24) is 4.90 Å². The molecule has 26 heavy (non-hydrogen) atoms. The van der Waals surface area contributed by atoms with Crippen molar-refractivity contribution in [3.63, 3.8) is 0 Å². The maximum atomic E-state index is 11.7. The third-order valence-corrected chi connectivity index (χ3v) is 7.31. The molecule has 0 bridgehead atoms. The second-order valence-corrected chi connectivity index (χ2v) is 8.77. The quantitative estimate of drug-likeness (QED) is 0.848. The SMILES string of the molecule is COc1ccc(CC2N(CC3CCC3)CCC3(O)CCCCC23O)cc1. The average molecular weight is 360 g/mol. The molecule has 4 heteroatoms. The summed E-state index contributed by atoms with van der Waals surface area (Å²) in [6, 6.07) is 8.17. The summed E-state index contributed by atoms with van der Waals surface area (Å²) in [6.07, 6.45) is 8.95. The van der Waals surface area contributed by atoms with E-state index in [0.717, 1.165) is 50.4 Å². The van der Waals surface area contributed by atoms with E-state index in [1.165, 1.54) is 24.8 Å². The molecule has 0 spiro atoms. The molecule has 1 aromatic rings. The summed E-state index contributed by atoms with van der Waals surface area (Å²) in [7, 11) is 1.68. The van der Waals surface area contributed by atoms with Crippen molar-refractivity contribution in [3.8, 4) is 5.75 Å². The van der Waals surface area contributed by atoms with Gasteiger partial charge in [-0.25, -0.2) is 0 Å². The molecule has 144 valence electrons. The van der Waals surface area contributed by atoms with Gasteiger partial charge in [0.05, 0.1) is 12.7 Å². The number of aliphatic hydroxyl groups is 2. The maximum absolute atomic E-state index is 11.7. The monoisotopic (exact) mass is 359 g/mol. The van der Waals surface area contributed by atoms with Crippen molar-refractivity contribution in [2.75, 3.05) is 20.2 Å². The van der Waals surface area contributed by atoms with E-state index in [1.807, 2.05) is 12.1 Å². The van der Waals surface area contributed by atoms with Gasteiger partial charge in [-0.1, -0.05) is 31.4 Å². The number of ether oxygens (including phenoxy) is 1. The van der Waals surface area contributed by atoms with E-state index in [9.17, 15) is 10.2 Å². The molecule has 3 unspecified atom stereocenters. The molecule has 3 aliphatic rings. The Morgan fingerprint density at radius 1 is 1.04 bits per heavy atom. The molecule has 2 aliphatic carbocycles. The Morgan fingerprint density at radius 2 is 1.77 bits per heavy atom. The summed E-state index contributed by atoms with van der Waals surface area (Å²) >= 11 is 0. The van der Waals surface area contributed by atoms with Gasteiger partial charge in [-0.15, -0.1) is 0 Å². The largest absolute Gasteiger partial charge is 0.497 e. The Morgan fingerprint density at radius 3 is 2.42 bits per heavy atom. The summed E-state index contributed by atoms with van der Waals surface area (Å²) in [5, 5.41) is 23.0. The van der Waals surface area contributed by atoms with E-state index < -0.39 is 11.2 Å². The first-order valence-corrected chi connectivity index (χ1v) is 10.4. The van der Waals surface area contributed by atoms with Crippen LogP contribution in [0.25, 0.3) is 0 Å². The van der Waals surface area contributed by atoms with Gasteiger partial charge >= 0.3 is 0 Å². The van der Waals surface area contributed by atoms with Crippen LogP contribution in [-0.4, -0.2) is 52.6 Å². The lowest BCUT2D eigenvalue weighted by Crippen LogP contribution is -2.72. The van der Waals surface area contributed by atoms with Crippen molar-refractivity contribution in [3.05, 3.63) is 29.8 Å². The Bertz CT molecular complexity index is 614. The van der Waals surface area contributed by atoms with E-state index in [0.29, 0.717) is 12.8 Å². The molecule has 3 fully saturated rings. The highest BCUT2D eigenvalue weighted by Gasteiger charge is 2.59. The van der Waals surface area contributed by atoms with Crippen LogP contribution in [0.4, 0.5) is 0 Å². The lowest BCUT2D eigenvalue weighted by molar-refractivity contribution is -0.236. The van der Waals surface area contributed by atoms with Gasteiger partial charge in [-0.2, -0.15) is 0 Å². The Balaban J connectivity index is 1.60. The molecular formula is C22H33NO3. The van der Waals surface area contributed by atoms with Crippen LogP contribution in [0.15, 0.2) is 24.3 Å². The van der Waals surface area contributed by atoms with E-state index in [-0.39, 0.29) is 6.04 Å². The first kappa shape index (κ1) is 18.3. The molecule has 2 N–H and O–H groups in total. The first-order valence-electron chi connectivity index (χ1n) is 10.4. The van der Waals surface area contributed by atoms with Crippen LogP contribution >= 0.6 is 0 Å². The molecule has 1 aliphatic heterocycles. The predicted octanol–water partition coefficient (Wildman–Crippen LogP) is 3.15. The van der Waals surface area contributed by atoms with Crippen molar-refractivity contribution in [1.29, 1.82) is 0 Å². The molecule has 1 saturated heterocycles. The fourth-order valence-electron chi connectivity index (χ4n) is 5.37. The molecule has 0 radical (unpaired) electrons. The van der Waals surface area contributed by atoms with E-state index in [2.05, 4.69) is 17.0 Å². The second kappa shape index (κ2) is 7.14. The zero-order chi connectivity index (χ0) is 18.2. The van der Waals surface area contributed by atoms with Crippen molar-refractivity contribution in [2.45, 2.75) is 75.0 Å². The van der Waals surface area contributed by atoms with Gasteiger partial charge in [-0.3, -0.25) is 4.90 Å². The van der Waals surface area contributed by atoms with E-state index in [1.54, 1.807) is 7.11 Å². The lowest BCUT2D eigenvalue weighted by Gasteiger charge is -2.58. The van der Waals surface area contributed by atoms with E-state index >= 15 is 0 Å². The summed E-state index contributed by atoms with van der Waals surface area (Å²) in [6.45, 7) is 1.97. The van der Waals surface area contributed by atoms with Crippen molar-refractivity contribution < 1.29 is 14.9 Å². The van der Waals surface area contributed by atoms with Gasteiger partial charge in [0.15, 0.2) is 0 Å². The number of rotatable bonds is 5. The molecule has 1 aromatic carbocycles. The van der Waals surface area contributed by atoms with Crippen LogP contribution in [0, 0.1) is 5.92 Å². The fraction of sp³-hybridized carbons (Fsp3) is 0.727. The van der Waals surface area contributed by atoms with Crippen LogP contribution < -0.4 is 4.74 Å². The fourth-order valence-corrected chi connectivity index (χ4v) is 5.37. The molecule has 3 atom stereocenters. The molecule has 2 saturated carbocycles. The number of piperidine rings is 1. The number of fused-ring (bicyclic) bond motifs is 1. The first-order chi connectivity index (χ1) is 12.5. The third kappa shape index (κ3) is 3.17. The summed E-state index contributed by atoms with van der Waals surface area (Å²) in [5.74, 6) is 1.63. The standard InChI is InChI=1S/C22H33NO3/c1-26-19-9-7-17(8-10-19)15-20-22(25)12-3-2-11-21(22,24)13-14-23(20)16-18-5-4-6-18/h7-10,18,20,24-25H,2-6,11-16H2,1H3. The van der Waals surface area contributed by atoms with Crippen LogP contribution in [0.2, 0.25) is 0 Å². The number of benzene rings is 1. The van der Waals surface area contributed by atoms with Gasteiger partial charge in [-0.05, 0) is 62.1 Å². The van der Waals surface area contributed by atoms with Gasteiger partial charge < -0.3 is 14.9 Å². The van der Waals surface area contributed by atoms with Gasteiger partial charge in [0.2, 0.25) is 0 Å². The van der Waals surface area contributed by atoms with Crippen molar-refractivity contribution >= 4 is 0 Å². The lowest BCUT2D eigenvalue weighted by atomic mass is 9.62. The smallest absolute Gasteiger partial charge is 0.118 e. The Hall–Kier alpha value is -1.10. The minimum absolute atomic E-state index is 0.00413. The zero-order valence-corrected chi connectivity index (χ0v) is 16.0. The average Bonchev–Trinajstić information content (AvgIpc) is 2.61. The Kier molecular flexibility index (Phi) is 5.02. The number of likely N-dealkylation sites (tertiary alicyclic amines) is 1. The third-order valence-electron chi connectivity index (χ3n) is 7.31. The minimum atomic E-state index is -0.993. The molecule has 0 amide bonds. The van der Waals surface area contributed by atoms with Gasteiger partial charge in [0, 0.05) is 19.1 Å². The van der Waals surface area contributed by atoms with Gasteiger partial charge in [0.25, 0.3) is 0 Å². The normalized spacial score (nSPS) is 35.6.